The van der Waals surface area contributed by atoms with Gasteiger partial charge < -0.3 is 20.1 Å². The van der Waals surface area contributed by atoms with Gasteiger partial charge in [0, 0.05) is 5.02 Å². The normalized spacial score (nSPS) is 9.90. The van der Waals surface area contributed by atoms with E-state index >= 15 is 0 Å². The minimum atomic E-state index is -0.509. The number of nitrogens with one attached hydrogen (secondary N) is 2. The number of carbonyl (C=O) groups excluding carboxylic acids is 2. The summed E-state index contributed by atoms with van der Waals surface area (Å²) in [5.41, 5.74) is 1.80. The summed E-state index contributed by atoms with van der Waals surface area (Å²) in [5, 5.41) is 5.53. The molecule has 1 aromatic carbocycles. The predicted molar refractivity (Wildman–Crippen MR) is 79.6 cm³/mol. The number of hydrogen-bond acceptors (Lipinski definition) is 4. The number of urea groups is 1. The molecule has 0 aliphatic carbocycles. The van der Waals surface area contributed by atoms with Crippen molar-refractivity contribution in [3.8, 4) is 5.75 Å². The van der Waals surface area contributed by atoms with E-state index in [-0.39, 0.29) is 19.9 Å². The van der Waals surface area contributed by atoms with Gasteiger partial charge in [-0.15, -0.1) is 0 Å². The van der Waals surface area contributed by atoms with E-state index in [1.54, 1.807) is 19.1 Å². The lowest BCUT2D eigenvalue weighted by molar-refractivity contribution is -0.141. The summed E-state index contributed by atoms with van der Waals surface area (Å²) >= 11 is 6.05. The molecule has 0 fully saturated rings. The maximum atomic E-state index is 11.4. The lowest BCUT2D eigenvalue weighted by Crippen LogP contribution is -2.40. The van der Waals surface area contributed by atoms with Crippen LogP contribution in [0.5, 0.6) is 5.75 Å². The average molecular weight is 315 g/mol. The van der Waals surface area contributed by atoms with Crippen molar-refractivity contribution in [2.75, 3.05) is 19.9 Å². The third-order valence-electron chi connectivity index (χ3n) is 2.58. The SMILES string of the molecule is CCOC(=O)CNC(=O)NCOc1cc(C)c(Cl)c(C)c1. The molecule has 116 valence electrons. The molecule has 1 rings (SSSR count). The largest absolute Gasteiger partial charge is 0.473 e. The van der Waals surface area contributed by atoms with Crippen LogP contribution in [-0.2, 0) is 9.53 Å². The molecule has 1 aromatic rings. The molecular weight excluding hydrogens is 296 g/mol. The first kappa shape index (κ1) is 17.1. The van der Waals surface area contributed by atoms with Gasteiger partial charge in [-0.1, -0.05) is 11.6 Å². The fourth-order valence-electron chi connectivity index (χ4n) is 1.60. The van der Waals surface area contributed by atoms with Gasteiger partial charge in [-0.25, -0.2) is 4.79 Å². The van der Waals surface area contributed by atoms with Crippen molar-refractivity contribution in [1.29, 1.82) is 0 Å². The van der Waals surface area contributed by atoms with Crippen molar-refractivity contribution in [2.45, 2.75) is 20.8 Å². The number of carbonyl (C=O) groups is 2. The van der Waals surface area contributed by atoms with Crippen molar-refractivity contribution in [1.82, 2.24) is 10.6 Å². The van der Waals surface area contributed by atoms with Crippen LogP contribution in [0.4, 0.5) is 4.79 Å². The molecule has 6 nitrogen and oxygen atoms in total. The maximum absolute atomic E-state index is 11.4. The van der Waals surface area contributed by atoms with E-state index in [0.29, 0.717) is 10.8 Å². The summed E-state index contributed by atoms with van der Waals surface area (Å²) in [7, 11) is 0. The lowest BCUT2D eigenvalue weighted by atomic mass is 10.1. The number of benzene rings is 1. The van der Waals surface area contributed by atoms with Crippen molar-refractivity contribution in [3.63, 3.8) is 0 Å². The van der Waals surface area contributed by atoms with Gasteiger partial charge >= 0.3 is 12.0 Å². The Bertz CT molecular complexity index is 497. The Labute approximate surface area is 128 Å². The molecule has 0 saturated carbocycles. The minimum Gasteiger partial charge on any atom is -0.473 e. The molecule has 0 unspecified atom stereocenters. The highest BCUT2D eigenvalue weighted by Gasteiger charge is 2.06. The van der Waals surface area contributed by atoms with Gasteiger partial charge in [0.05, 0.1) is 6.61 Å². The highest BCUT2D eigenvalue weighted by Crippen LogP contribution is 2.25. The van der Waals surface area contributed by atoms with Crippen molar-refractivity contribution >= 4 is 23.6 Å². The van der Waals surface area contributed by atoms with Gasteiger partial charge in [0.1, 0.15) is 12.3 Å². The van der Waals surface area contributed by atoms with Crippen LogP contribution in [0.15, 0.2) is 12.1 Å². The lowest BCUT2D eigenvalue weighted by Gasteiger charge is -2.11. The standard InChI is InChI=1S/C14H19ClN2O4/c1-4-20-12(18)7-16-14(19)17-8-21-11-5-9(2)13(15)10(3)6-11/h5-6H,4,7-8H2,1-3H3,(H2,16,17,19). The first-order valence-corrected chi connectivity index (χ1v) is 6.88. The van der Waals surface area contributed by atoms with Gasteiger partial charge in [0.2, 0.25) is 0 Å². The summed E-state index contributed by atoms with van der Waals surface area (Å²) in [6.07, 6.45) is 0. The second-order valence-electron chi connectivity index (χ2n) is 4.32. The number of hydrogen-bond donors (Lipinski definition) is 2. The Morgan fingerprint density at radius 1 is 1.19 bits per heavy atom. The summed E-state index contributed by atoms with van der Waals surface area (Å²) in [5.74, 6) is 0.123. The topological polar surface area (TPSA) is 76.7 Å². The Morgan fingerprint density at radius 3 is 2.38 bits per heavy atom. The van der Waals surface area contributed by atoms with E-state index in [2.05, 4.69) is 15.4 Å². The van der Waals surface area contributed by atoms with Crippen LogP contribution in [0.2, 0.25) is 5.02 Å². The van der Waals surface area contributed by atoms with Gasteiger partial charge in [-0.2, -0.15) is 0 Å². The van der Waals surface area contributed by atoms with Crippen LogP contribution in [0, 0.1) is 13.8 Å². The number of ether oxygens (including phenoxy) is 2. The quantitative estimate of drug-likeness (QED) is 0.623. The number of halogens is 1. The van der Waals surface area contributed by atoms with Gasteiger partial charge in [-0.3, -0.25) is 4.79 Å². The van der Waals surface area contributed by atoms with Crippen LogP contribution in [0.1, 0.15) is 18.1 Å². The molecule has 0 saturated heterocycles. The average Bonchev–Trinajstić information content (AvgIpc) is 2.43. The molecule has 2 N–H and O–H groups in total. The van der Waals surface area contributed by atoms with Crippen molar-refractivity contribution in [3.05, 3.63) is 28.3 Å². The smallest absolute Gasteiger partial charge is 0.325 e. The first-order chi connectivity index (χ1) is 9.93. The Kier molecular flexibility index (Phi) is 6.81. The molecule has 0 spiro atoms. The third-order valence-corrected chi connectivity index (χ3v) is 3.18. The van der Waals surface area contributed by atoms with Gasteiger partial charge in [0.25, 0.3) is 0 Å². The van der Waals surface area contributed by atoms with Crippen LogP contribution in [0.25, 0.3) is 0 Å². The summed E-state index contributed by atoms with van der Waals surface area (Å²) < 4.78 is 10.1. The Balaban J connectivity index is 2.33. The van der Waals surface area contributed by atoms with Gasteiger partial charge in [-0.05, 0) is 44.0 Å². The molecule has 0 aromatic heterocycles. The number of aryl methyl sites for hydroxylation is 2. The Morgan fingerprint density at radius 2 is 1.81 bits per heavy atom. The zero-order valence-electron chi connectivity index (χ0n) is 12.3. The van der Waals surface area contributed by atoms with Crippen molar-refractivity contribution in [2.24, 2.45) is 0 Å². The van der Waals surface area contributed by atoms with Gasteiger partial charge in [0.15, 0.2) is 6.73 Å². The zero-order valence-corrected chi connectivity index (χ0v) is 13.0. The summed E-state index contributed by atoms with van der Waals surface area (Å²) in [6, 6.07) is 3.06. The van der Waals surface area contributed by atoms with E-state index in [0.717, 1.165) is 11.1 Å². The number of rotatable bonds is 6. The Hall–Kier alpha value is -1.95. The van der Waals surface area contributed by atoms with Crippen LogP contribution < -0.4 is 15.4 Å². The molecule has 0 aliphatic rings. The van der Waals surface area contributed by atoms with Crippen LogP contribution in [0.3, 0.4) is 0 Å². The first-order valence-electron chi connectivity index (χ1n) is 6.51. The second kappa shape index (κ2) is 8.36. The fourth-order valence-corrected chi connectivity index (χ4v) is 1.71. The third kappa shape index (κ3) is 5.91. The molecule has 0 heterocycles. The highest BCUT2D eigenvalue weighted by molar-refractivity contribution is 6.32. The van der Waals surface area contributed by atoms with E-state index in [1.165, 1.54) is 0 Å². The minimum absolute atomic E-state index is 0.0187. The van der Waals surface area contributed by atoms with E-state index in [1.807, 2.05) is 13.8 Å². The molecule has 0 bridgehead atoms. The van der Waals surface area contributed by atoms with Crippen LogP contribution in [-0.4, -0.2) is 31.9 Å². The molecule has 21 heavy (non-hydrogen) atoms. The highest BCUT2D eigenvalue weighted by atomic mass is 35.5. The monoisotopic (exact) mass is 314 g/mol. The molecule has 0 atom stereocenters. The molecule has 2 amide bonds. The molecule has 0 aliphatic heterocycles. The summed E-state index contributed by atoms with van der Waals surface area (Å²) in [6.45, 7) is 5.53. The number of amides is 2. The predicted octanol–water partition coefficient (Wildman–Crippen LogP) is 2.16. The zero-order chi connectivity index (χ0) is 15.8. The molecule has 0 radical (unpaired) electrons. The molecule has 7 heteroatoms. The molecular formula is C14H19ClN2O4. The van der Waals surface area contributed by atoms with E-state index in [9.17, 15) is 9.59 Å². The van der Waals surface area contributed by atoms with E-state index < -0.39 is 12.0 Å². The number of esters is 1. The van der Waals surface area contributed by atoms with E-state index in [4.69, 9.17) is 16.3 Å². The fraction of sp³-hybridized carbons (Fsp3) is 0.429. The van der Waals surface area contributed by atoms with Crippen LogP contribution >= 0.6 is 11.6 Å². The second-order valence-corrected chi connectivity index (χ2v) is 4.70. The maximum Gasteiger partial charge on any atom is 0.325 e. The summed E-state index contributed by atoms with van der Waals surface area (Å²) in [4.78, 5) is 22.4. The van der Waals surface area contributed by atoms with Crippen molar-refractivity contribution < 1.29 is 19.1 Å².